The summed E-state index contributed by atoms with van der Waals surface area (Å²) in [7, 11) is 0. The van der Waals surface area contributed by atoms with E-state index in [2.05, 4.69) is 54.4 Å². The molecule has 1 saturated carbocycles. The molecule has 0 aromatic heterocycles. The third kappa shape index (κ3) is 4.31. The highest BCUT2D eigenvalue weighted by Crippen LogP contribution is 2.34. The molecule has 2 nitrogen and oxygen atoms in total. The maximum atomic E-state index is 3.82. The molecule has 2 unspecified atom stereocenters. The monoisotopic (exact) mass is 286 g/mol. The third-order valence-electron chi connectivity index (χ3n) is 4.97. The molecule has 1 aliphatic carbocycles. The fraction of sp³-hybridized carbons (Fsp3) is 0.684. The molecular weight excluding hydrogens is 256 g/mol. The first-order valence-corrected chi connectivity index (χ1v) is 8.74. The van der Waals surface area contributed by atoms with Gasteiger partial charge in [0.2, 0.25) is 0 Å². The van der Waals surface area contributed by atoms with Gasteiger partial charge in [-0.05, 0) is 49.6 Å². The van der Waals surface area contributed by atoms with Crippen LogP contribution >= 0.6 is 0 Å². The predicted molar refractivity (Wildman–Crippen MR) is 89.6 cm³/mol. The van der Waals surface area contributed by atoms with Gasteiger partial charge in [0.25, 0.3) is 0 Å². The standard InChI is InChI=1S/C19H30N2/c1-15(2)10-11-20-18-12-17(16-6-4-3-5-7-16)13-21(14-18)19-8-9-19/h3-7,15,17-20H,8-14H2,1-2H3. The van der Waals surface area contributed by atoms with Crippen LogP contribution in [0.3, 0.4) is 0 Å². The van der Waals surface area contributed by atoms with Crippen molar-refractivity contribution in [3.8, 4) is 0 Å². The van der Waals surface area contributed by atoms with Crippen LogP contribution < -0.4 is 5.32 Å². The summed E-state index contributed by atoms with van der Waals surface area (Å²) >= 11 is 0. The average Bonchev–Trinajstić information content (AvgIpc) is 3.32. The van der Waals surface area contributed by atoms with Crippen molar-refractivity contribution in [1.29, 1.82) is 0 Å². The molecule has 2 heteroatoms. The molecule has 1 N–H and O–H groups in total. The Morgan fingerprint density at radius 2 is 1.90 bits per heavy atom. The smallest absolute Gasteiger partial charge is 0.0201 e. The molecule has 1 aromatic rings. The second kappa shape index (κ2) is 6.93. The lowest BCUT2D eigenvalue weighted by atomic mass is 9.88. The molecule has 1 aliphatic heterocycles. The van der Waals surface area contributed by atoms with Gasteiger partial charge in [0.1, 0.15) is 0 Å². The van der Waals surface area contributed by atoms with Gasteiger partial charge in [-0.15, -0.1) is 0 Å². The van der Waals surface area contributed by atoms with Crippen molar-refractivity contribution in [2.75, 3.05) is 19.6 Å². The SMILES string of the molecule is CC(C)CCNC1CC(c2ccccc2)CN(C2CC2)C1. The van der Waals surface area contributed by atoms with Crippen LogP contribution in [0.4, 0.5) is 0 Å². The Balaban J connectivity index is 1.61. The number of rotatable bonds is 6. The van der Waals surface area contributed by atoms with Crippen molar-refractivity contribution < 1.29 is 0 Å². The summed E-state index contributed by atoms with van der Waals surface area (Å²) < 4.78 is 0. The molecule has 2 aliphatic rings. The quantitative estimate of drug-likeness (QED) is 0.859. The summed E-state index contributed by atoms with van der Waals surface area (Å²) in [6.45, 7) is 8.31. The summed E-state index contributed by atoms with van der Waals surface area (Å²) in [5.41, 5.74) is 1.53. The Morgan fingerprint density at radius 3 is 2.57 bits per heavy atom. The first-order chi connectivity index (χ1) is 10.2. The van der Waals surface area contributed by atoms with E-state index >= 15 is 0 Å². The van der Waals surface area contributed by atoms with Gasteiger partial charge in [0.05, 0.1) is 0 Å². The van der Waals surface area contributed by atoms with E-state index in [-0.39, 0.29) is 0 Å². The van der Waals surface area contributed by atoms with Gasteiger partial charge < -0.3 is 5.32 Å². The molecule has 0 spiro atoms. The number of nitrogens with zero attached hydrogens (tertiary/aromatic N) is 1. The van der Waals surface area contributed by atoms with Crippen LogP contribution in [0.1, 0.15) is 51.0 Å². The molecule has 1 saturated heterocycles. The van der Waals surface area contributed by atoms with E-state index in [1.54, 1.807) is 0 Å². The van der Waals surface area contributed by atoms with Gasteiger partial charge in [-0.1, -0.05) is 44.2 Å². The zero-order valence-corrected chi connectivity index (χ0v) is 13.6. The Kier molecular flexibility index (Phi) is 4.97. The zero-order chi connectivity index (χ0) is 14.7. The summed E-state index contributed by atoms with van der Waals surface area (Å²) in [6.07, 6.45) is 5.42. The van der Waals surface area contributed by atoms with E-state index in [4.69, 9.17) is 0 Å². The second-order valence-corrected chi connectivity index (χ2v) is 7.36. The fourth-order valence-corrected chi connectivity index (χ4v) is 3.56. The van der Waals surface area contributed by atoms with E-state index in [1.807, 2.05) is 0 Å². The molecule has 21 heavy (non-hydrogen) atoms. The number of likely N-dealkylation sites (tertiary alicyclic amines) is 1. The van der Waals surface area contributed by atoms with E-state index in [9.17, 15) is 0 Å². The van der Waals surface area contributed by atoms with E-state index in [1.165, 1.54) is 50.9 Å². The Morgan fingerprint density at radius 1 is 1.14 bits per heavy atom. The van der Waals surface area contributed by atoms with Crippen molar-refractivity contribution in [1.82, 2.24) is 10.2 Å². The average molecular weight is 286 g/mol. The van der Waals surface area contributed by atoms with Crippen LogP contribution in [-0.4, -0.2) is 36.6 Å². The second-order valence-electron chi connectivity index (χ2n) is 7.36. The first kappa shape index (κ1) is 15.1. The number of hydrogen-bond acceptors (Lipinski definition) is 2. The van der Waals surface area contributed by atoms with E-state index in [0.29, 0.717) is 12.0 Å². The van der Waals surface area contributed by atoms with Gasteiger partial charge in [-0.25, -0.2) is 0 Å². The molecule has 1 heterocycles. The fourth-order valence-electron chi connectivity index (χ4n) is 3.56. The number of hydrogen-bond donors (Lipinski definition) is 1. The Labute approximate surface area is 129 Å². The first-order valence-electron chi connectivity index (χ1n) is 8.74. The Hall–Kier alpha value is -0.860. The van der Waals surface area contributed by atoms with Crippen LogP contribution in [-0.2, 0) is 0 Å². The minimum atomic E-state index is 0.670. The van der Waals surface area contributed by atoms with Gasteiger partial charge in [-0.3, -0.25) is 4.90 Å². The summed E-state index contributed by atoms with van der Waals surface area (Å²) in [6, 6.07) is 12.7. The summed E-state index contributed by atoms with van der Waals surface area (Å²) in [4.78, 5) is 2.74. The molecule has 2 atom stereocenters. The van der Waals surface area contributed by atoms with Crippen molar-refractivity contribution in [3.05, 3.63) is 35.9 Å². The van der Waals surface area contributed by atoms with Crippen molar-refractivity contribution in [2.45, 2.75) is 57.5 Å². The molecule has 0 bridgehead atoms. The van der Waals surface area contributed by atoms with Crippen LogP contribution in [0, 0.1) is 5.92 Å². The lowest BCUT2D eigenvalue weighted by Crippen LogP contribution is -2.49. The Bertz CT molecular complexity index is 424. The number of piperidine rings is 1. The van der Waals surface area contributed by atoms with E-state index < -0.39 is 0 Å². The van der Waals surface area contributed by atoms with Crippen LogP contribution in [0.5, 0.6) is 0 Å². The van der Waals surface area contributed by atoms with Gasteiger partial charge in [-0.2, -0.15) is 0 Å². The lowest BCUT2D eigenvalue weighted by molar-refractivity contribution is 0.162. The van der Waals surface area contributed by atoms with Crippen molar-refractivity contribution >= 4 is 0 Å². The maximum Gasteiger partial charge on any atom is 0.0201 e. The summed E-state index contributed by atoms with van der Waals surface area (Å²) in [5, 5.41) is 3.82. The minimum Gasteiger partial charge on any atom is -0.313 e. The third-order valence-corrected chi connectivity index (χ3v) is 4.97. The molecule has 3 rings (SSSR count). The highest BCUT2D eigenvalue weighted by atomic mass is 15.2. The van der Waals surface area contributed by atoms with E-state index in [0.717, 1.165) is 12.0 Å². The predicted octanol–water partition coefficient (Wildman–Crippen LogP) is 3.64. The maximum absolute atomic E-state index is 3.82. The van der Waals surface area contributed by atoms with Crippen molar-refractivity contribution in [3.63, 3.8) is 0 Å². The minimum absolute atomic E-state index is 0.670. The number of nitrogens with one attached hydrogen (secondary N) is 1. The normalized spacial score (nSPS) is 27.2. The van der Waals surface area contributed by atoms with Gasteiger partial charge >= 0.3 is 0 Å². The molecule has 0 radical (unpaired) electrons. The highest BCUT2D eigenvalue weighted by Gasteiger charge is 2.36. The molecule has 116 valence electrons. The van der Waals surface area contributed by atoms with Gasteiger partial charge in [0, 0.05) is 25.2 Å². The van der Waals surface area contributed by atoms with Crippen LogP contribution in [0.15, 0.2) is 30.3 Å². The molecule has 1 aromatic carbocycles. The van der Waals surface area contributed by atoms with Crippen molar-refractivity contribution in [2.24, 2.45) is 5.92 Å². The largest absolute Gasteiger partial charge is 0.313 e. The number of benzene rings is 1. The lowest BCUT2D eigenvalue weighted by Gasteiger charge is -2.39. The summed E-state index contributed by atoms with van der Waals surface area (Å²) in [5.74, 6) is 1.50. The van der Waals surface area contributed by atoms with Crippen LogP contribution in [0.25, 0.3) is 0 Å². The van der Waals surface area contributed by atoms with Crippen LogP contribution in [0.2, 0.25) is 0 Å². The zero-order valence-electron chi connectivity index (χ0n) is 13.6. The topological polar surface area (TPSA) is 15.3 Å². The molecule has 2 fully saturated rings. The highest BCUT2D eigenvalue weighted by molar-refractivity contribution is 5.21. The van der Waals surface area contributed by atoms with Gasteiger partial charge in [0.15, 0.2) is 0 Å². The molecular formula is C19H30N2. The molecule has 0 amide bonds.